The molecular formula is C14H27N3S. The van der Waals surface area contributed by atoms with Crippen LogP contribution in [0, 0.1) is 5.92 Å². The fourth-order valence-electron chi connectivity index (χ4n) is 1.70. The zero-order valence-electron chi connectivity index (χ0n) is 12.6. The Morgan fingerprint density at radius 3 is 2.39 bits per heavy atom. The summed E-state index contributed by atoms with van der Waals surface area (Å²) in [6.07, 6.45) is 2.16. The fourth-order valence-corrected chi connectivity index (χ4v) is 2.59. The Morgan fingerprint density at radius 2 is 1.94 bits per heavy atom. The predicted octanol–water partition coefficient (Wildman–Crippen LogP) is 3.40. The van der Waals surface area contributed by atoms with Gasteiger partial charge in [-0.2, -0.15) is 4.37 Å². The van der Waals surface area contributed by atoms with Crippen LogP contribution in [0.2, 0.25) is 0 Å². The van der Waals surface area contributed by atoms with Crippen LogP contribution in [0.25, 0.3) is 0 Å². The highest BCUT2D eigenvalue weighted by atomic mass is 32.1. The molecule has 0 amide bonds. The van der Waals surface area contributed by atoms with Gasteiger partial charge in [-0.15, -0.1) is 0 Å². The zero-order valence-corrected chi connectivity index (χ0v) is 13.4. The summed E-state index contributed by atoms with van der Waals surface area (Å²) in [6, 6.07) is 0.505. The van der Waals surface area contributed by atoms with Gasteiger partial charge in [-0.05, 0) is 30.4 Å². The Bertz CT molecular complexity index is 352. The lowest BCUT2D eigenvalue weighted by atomic mass is 9.96. The monoisotopic (exact) mass is 269 g/mol. The van der Waals surface area contributed by atoms with Crippen molar-refractivity contribution in [2.75, 3.05) is 6.54 Å². The van der Waals surface area contributed by atoms with Gasteiger partial charge in [0.2, 0.25) is 0 Å². The van der Waals surface area contributed by atoms with Crippen molar-refractivity contribution >= 4 is 11.5 Å². The summed E-state index contributed by atoms with van der Waals surface area (Å²) in [6.45, 7) is 14.3. The van der Waals surface area contributed by atoms with Gasteiger partial charge in [-0.25, -0.2) is 4.98 Å². The van der Waals surface area contributed by atoms with Gasteiger partial charge >= 0.3 is 0 Å². The van der Waals surface area contributed by atoms with Crippen molar-refractivity contribution in [1.82, 2.24) is 14.7 Å². The summed E-state index contributed by atoms with van der Waals surface area (Å²) in [7, 11) is 0. The summed E-state index contributed by atoms with van der Waals surface area (Å²) in [5, 5.41) is 4.76. The van der Waals surface area contributed by atoms with Crippen molar-refractivity contribution in [3.05, 3.63) is 10.8 Å². The van der Waals surface area contributed by atoms with E-state index in [1.165, 1.54) is 6.42 Å². The lowest BCUT2D eigenvalue weighted by Crippen LogP contribution is -2.36. The van der Waals surface area contributed by atoms with E-state index in [0.717, 1.165) is 23.8 Å². The topological polar surface area (TPSA) is 37.8 Å². The van der Waals surface area contributed by atoms with Crippen LogP contribution in [-0.4, -0.2) is 21.9 Å². The first kappa shape index (κ1) is 15.6. The molecule has 0 fully saturated rings. The summed E-state index contributed by atoms with van der Waals surface area (Å²) in [5.74, 6) is 1.60. The van der Waals surface area contributed by atoms with Crippen LogP contribution in [0.5, 0.6) is 0 Å². The first-order valence-corrected chi connectivity index (χ1v) is 7.68. The van der Waals surface area contributed by atoms with Gasteiger partial charge in [0.15, 0.2) is 0 Å². The Labute approximate surface area is 116 Å². The van der Waals surface area contributed by atoms with Crippen molar-refractivity contribution < 1.29 is 0 Å². The van der Waals surface area contributed by atoms with Gasteiger partial charge in [-0.3, -0.25) is 0 Å². The quantitative estimate of drug-likeness (QED) is 0.860. The molecule has 1 N–H and O–H groups in total. The number of nitrogens with one attached hydrogen (secondary N) is 1. The molecule has 1 rings (SSSR count). The van der Waals surface area contributed by atoms with E-state index in [-0.39, 0.29) is 5.41 Å². The summed E-state index contributed by atoms with van der Waals surface area (Å²) in [5.41, 5.74) is 0.0545. The molecule has 0 saturated carbocycles. The lowest BCUT2D eigenvalue weighted by Gasteiger charge is -2.21. The molecule has 0 bridgehead atoms. The van der Waals surface area contributed by atoms with Crippen LogP contribution >= 0.6 is 11.5 Å². The third kappa shape index (κ3) is 4.65. The molecule has 18 heavy (non-hydrogen) atoms. The molecule has 3 nitrogen and oxygen atoms in total. The Hall–Kier alpha value is -0.480. The van der Waals surface area contributed by atoms with E-state index < -0.39 is 0 Å². The third-order valence-corrected chi connectivity index (χ3v) is 3.73. The van der Waals surface area contributed by atoms with E-state index >= 15 is 0 Å². The standard InChI is InChI=1S/C14H27N3S/c1-7-8-15-11(10(2)3)9-12-16-13(17-18-12)14(4,5)6/h10-11,15H,7-9H2,1-6H3. The third-order valence-electron chi connectivity index (χ3n) is 2.99. The average Bonchev–Trinajstić information content (AvgIpc) is 2.71. The second kappa shape index (κ2) is 6.62. The van der Waals surface area contributed by atoms with E-state index in [2.05, 4.69) is 56.2 Å². The molecule has 1 aromatic rings. The first-order valence-electron chi connectivity index (χ1n) is 6.91. The normalized spacial score (nSPS) is 14.2. The second-order valence-electron chi connectivity index (χ2n) is 6.27. The van der Waals surface area contributed by atoms with Gasteiger partial charge < -0.3 is 5.32 Å². The molecule has 1 aromatic heterocycles. The van der Waals surface area contributed by atoms with Crippen LogP contribution in [0.15, 0.2) is 0 Å². The van der Waals surface area contributed by atoms with Crippen molar-refractivity contribution in [2.24, 2.45) is 5.92 Å². The molecule has 0 saturated heterocycles. The van der Waals surface area contributed by atoms with Gasteiger partial charge in [0.1, 0.15) is 10.8 Å². The van der Waals surface area contributed by atoms with Gasteiger partial charge in [0.25, 0.3) is 0 Å². The van der Waals surface area contributed by atoms with E-state index in [0.29, 0.717) is 12.0 Å². The van der Waals surface area contributed by atoms with Crippen molar-refractivity contribution in [3.63, 3.8) is 0 Å². The van der Waals surface area contributed by atoms with Crippen molar-refractivity contribution in [1.29, 1.82) is 0 Å². The minimum Gasteiger partial charge on any atom is -0.313 e. The molecule has 0 spiro atoms. The fraction of sp³-hybridized carbons (Fsp3) is 0.857. The highest BCUT2D eigenvalue weighted by molar-refractivity contribution is 7.05. The molecule has 0 aliphatic heterocycles. The Kier molecular flexibility index (Phi) is 5.73. The van der Waals surface area contributed by atoms with Crippen LogP contribution in [-0.2, 0) is 11.8 Å². The van der Waals surface area contributed by atoms with Crippen molar-refractivity contribution in [3.8, 4) is 0 Å². The molecule has 0 radical (unpaired) electrons. The van der Waals surface area contributed by atoms with E-state index in [1.807, 2.05) is 0 Å². The van der Waals surface area contributed by atoms with Crippen LogP contribution in [0.1, 0.15) is 58.8 Å². The van der Waals surface area contributed by atoms with Gasteiger partial charge in [0.05, 0.1) is 0 Å². The molecule has 4 heteroatoms. The highest BCUT2D eigenvalue weighted by Crippen LogP contribution is 2.22. The van der Waals surface area contributed by atoms with Crippen LogP contribution in [0.3, 0.4) is 0 Å². The zero-order chi connectivity index (χ0) is 13.8. The van der Waals surface area contributed by atoms with Crippen LogP contribution in [0.4, 0.5) is 0 Å². The second-order valence-corrected chi connectivity index (χ2v) is 7.11. The molecule has 104 valence electrons. The number of hydrogen-bond donors (Lipinski definition) is 1. The molecule has 0 aliphatic rings. The lowest BCUT2D eigenvalue weighted by molar-refractivity contribution is 0.396. The van der Waals surface area contributed by atoms with Crippen LogP contribution < -0.4 is 5.32 Å². The SMILES string of the molecule is CCCNC(Cc1nc(C(C)(C)C)ns1)C(C)C. The molecule has 0 aliphatic carbocycles. The number of rotatable bonds is 6. The maximum Gasteiger partial charge on any atom is 0.147 e. The summed E-state index contributed by atoms with van der Waals surface area (Å²) < 4.78 is 4.48. The van der Waals surface area contributed by atoms with Gasteiger partial charge in [0, 0.05) is 17.9 Å². The predicted molar refractivity (Wildman–Crippen MR) is 79.2 cm³/mol. The smallest absolute Gasteiger partial charge is 0.147 e. The maximum atomic E-state index is 4.68. The largest absolute Gasteiger partial charge is 0.313 e. The Balaban J connectivity index is 2.66. The van der Waals surface area contributed by atoms with E-state index in [1.54, 1.807) is 11.5 Å². The molecular weight excluding hydrogens is 242 g/mol. The highest BCUT2D eigenvalue weighted by Gasteiger charge is 2.21. The molecule has 0 aromatic carbocycles. The number of hydrogen-bond acceptors (Lipinski definition) is 4. The van der Waals surface area contributed by atoms with Gasteiger partial charge in [-0.1, -0.05) is 41.5 Å². The summed E-state index contributed by atoms with van der Waals surface area (Å²) >= 11 is 1.55. The Morgan fingerprint density at radius 1 is 1.28 bits per heavy atom. The van der Waals surface area contributed by atoms with E-state index in [4.69, 9.17) is 0 Å². The van der Waals surface area contributed by atoms with Crippen molar-refractivity contribution in [2.45, 2.75) is 65.8 Å². The molecule has 1 unspecified atom stereocenters. The number of aromatic nitrogens is 2. The first-order chi connectivity index (χ1) is 8.34. The minimum absolute atomic E-state index is 0.0545. The average molecular weight is 269 g/mol. The maximum absolute atomic E-state index is 4.68. The van der Waals surface area contributed by atoms with E-state index in [9.17, 15) is 0 Å². The minimum atomic E-state index is 0.0545. The molecule has 1 heterocycles. The molecule has 1 atom stereocenters. The number of nitrogens with zero attached hydrogens (tertiary/aromatic N) is 2. The summed E-state index contributed by atoms with van der Waals surface area (Å²) in [4.78, 5) is 4.68.